The van der Waals surface area contributed by atoms with Crippen LogP contribution in [0.3, 0.4) is 0 Å². The van der Waals surface area contributed by atoms with Gasteiger partial charge in [0.25, 0.3) is 0 Å². The maximum Gasteiger partial charge on any atom is 0.222 e. The van der Waals surface area contributed by atoms with Gasteiger partial charge in [-0.2, -0.15) is 0 Å². The molecular formula is C24H19N2+. The van der Waals surface area contributed by atoms with Gasteiger partial charge in [-0.1, -0.05) is 48.5 Å². The van der Waals surface area contributed by atoms with Crippen molar-refractivity contribution in [3.8, 4) is 11.1 Å². The number of fused-ring (bicyclic) bond motifs is 6. The minimum Gasteiger partial charge on any atom is -0.255 e. The Morgan fingerprint density at radius 3 is 2.42 bits per heavy atom. The maximum atomic E-state index is 4.83. The van der Waals surface area contributed by atoms with Gasteiger partial charge in [-0.25, -0.2) is 4.57 Å². The molecule has 0 aliphatic heterocycles. The summed E-state index contributed by atoms with van der Waals surface area (Å²) in [7, 11) is 2.11. The van der Waals surface area contributed by atoms with E-state index in [2.05, 4.69) is 91.5 Å². The van der Waals surface area contributed by atoms with E-state index in [1.54, 1.807) is 0 Å². The molecule has 5 rings (SSSR count). The quantitative estimate of drug-likeness (QED) is 0.298. The number of benzene rings is 3. The molecule has 26 heavy (non-hydrogen) atoms. The summed E-state index contributed by atoms with van der Waals surface area (Å²) in [5.41, 5.74) is 6.04. The molecule has 3 aromatic carbocycles. The van der Waals surface area contributed by atoms with Crippen LogP contribution in [0, 0.1) is 6.92 Å². The molecule has 2 heteroatoms. The van der Waals surface area contributed by atoms with E-state index in [1.807, 2.05) is 6.20 Å². The SMILES string of the molecule is Cc1ccnc2c3c(-c4ccccc4)cccc3c3ccc[n+](C)c3c12. The molecule has 0 bridgehead atoms. The number of nitrogens with zero attached hydrogens (tertiary/aromatic N) is 2. The van der Waals surface area contributed by atoms with Crippen molar-refractivity contribution in [1.82, 2.24) is 4.98 Å². The van der Waals surface area contributed by atoms with Gasteiger partial charge in [-0.05, 0) is 41.1 Å². The highest BCUT2D eigenvalue weighted by Crippen LogP contribution is 2.38. The summed E-state index contributed by atoms with van der Waals surface area (Å²) in [5.74, 6) is 0. The second-order valence-corrected chi connectivity index (χ2v) is 6.83. The van der Waals surface area contributed by atoms with Crippen molar-refractivity contribution in [3.63, 3.8) is 0 Å². The molecule has 0 saturated heterocycles. The van der Waals surface area contributed by atoms with Crippen molar-refractivity contribution in [2.24, 2.45) is 7.05 Å². The predicted molar refractivity (Wildman–Crippen MR) is 108 cm³/mol. The van der Waals surface area contributed by atoms with Crippen LogP contribution in [-0.4, -0.2) is 4.98 Å². The summed E-state index contributed by atoms with van der Waals surface area (Å²) in [6.07, 6.45) is 4.04. The van der Waals surface area contributed by atoms with E-state index in [-0.39, 0.29) is 0 Å². The van der Waals surface area contributed by atoms with Gasteiger partial charge in [-0.15, -0.1) is 0 Å². The van der Waals surface area contributed by atoms with Crippen LogP contribution in [0.2, 0.25) is 0 Å². The molecule has 0 N–H and O–H groups in total. The number of hydrogen-bond donors (Lipinski definition) is 0. The molecule has 0 fully saturated rings. The Balaban J connectivity index is 2.13. The highest BCUT2D eigenvalue weighted by molar-refractivity contribution is 6.26. The summed E-state index contributed by atoms with van der Waals surface area (Å²) < 4.78 is 2.21. The van der Waals surface area contributed by atoms with Crippen LogP contribution < -0.4 is 4.57 Å². The molecule has 0 saturated carbocycles. The largest absolute Gasteiger partial charge is 0.255 e. The monoisotopic (exact) mass is 335 g/mol. The van der Waals surface area contributed by atoms with Crippen LogP contribution in [0.1, 0.15) is 5.56 Å². The second kappa shape index (κ2) is 5.63. The molecule has 2 aromatic heterocycles. The molecular weight excluding hydrogens is 316 g/mol. The number of rotatable bonds is 1. The van der Waals surface area contributed by atoms with Gasteiger partial charge >= 0.3 is 0 Å². The van der Waals surface area contributed by atoms with E-state index < -0.39 is 0 Å². The lowest BCUT2D eigenvalue weighted by Crippen LogP contribution is -2.28. The first-order valence-corrected chi connectivity index (χ1v) is 8.89. The minimum atomic E-state index is 1.08. The normalized spacial score (nSPS) is 11.5. The van der Waals surface area contributed by atoms with Crippen molar-refractivity contribution in [2.75, 3.05) is 0 Å². The molecule has 0 radical (unpaired) electrons. The van der Waals surface area contributed by atoms with Gasteiger partial charge in [0.2, 0.25) is 5.52 Å². The number of aryl methyl sites for hydroxylation is 2. The van der Waals surface area contributed by atoms with E-state index in [0.29, 0.717) is 0 Å². The second-order valence-electron chi connectivity index (χ2n) is 6.83. The zero-order valence-corrected chi connectivity index (χ0v) is 14.9. The molecule has 0 aliphatic rings. The fraction of sp³-hybridized carbons (Fsp3) is 0.0833. The summed E-state index contributed by atoms with van der Waals surface area (Å²) in [4.78, 5) is 4.83. The standard InChI is InChI=1S/C24H19N2/c1-16-13-14-25-23-21(16)24-20(12-7-15-26(24)2)19-11-6-10-18(22(19)23)17-8-4-3-5-9-17/h3-15H,1-2H3/q+1. The van der Waals surface area contributed by atoms with E-state index in [0.717, 1.165) is 5.52 Å². The lowest BCUT2D eigenvalue weighted by molar-refractivity contribution is -0.644. The van der Waals surface area contributed by atoms with E-state index >= 15 is 0 Å². The van der Waals surface area contributed by atoms with Gasteiger partial charge in [0.1, 0.15) is 7.05 Å². The smallest absolute Gasteiger partial charge is 0.222 e. The van der Waals surface area contributed by atoms with Gasteiger partial charge in [-0.3, -0.25) is 4.98 Å². The first-order chi connectivity index (χ1) is 12.8. The Kier molecular flexibility index (Phi) is 3.26. The summed E-state index contributed by atoms with van der Waals surface area (Å²) in [6.45, 7) is 2.17. The van der Waals surface area contributed by atoms with Gasteiger partial charge in [0, 0.05) is 17.6 Å². The van der Waals surface area contributed by atoms with E-state index in [1.165, 1.54) is 43.8 Å². The molecule has 0 spiro atoms. The summed E-state index contributed by atoms with van der Waals surface area (Å²) >= 11 is 0. The number of aromatic nitrogens is 2. The molecule has 124 valence electrons. The molecule has 0 aliphatic carbocycles. The average Bonchev–Trinajstić information content (AvgIpc) is 2.68. The van der Waals surface area contributed by atoms with Crippen molar-refractivity contribution in [3.05, 3.63) is 84.7 Å². The Morgan fingerprint density at radius 2 is 1.58 bits per heavy atom. The van der Waals surface area contributed by atoms with Gasteiger partial charge < -0.3 is 0 Å². The highest BCUT2D eigenvalue weighted by Gasteiger charge is 2.19. The van der Waals surface area contributed by atoms with Crippen molar-refractivity contribution in [1.29, 1.82) is 0 Å². The van der Waals surface area contributed by atoms with E-state index in [9.17, 15) is 0 Å². The van der Waals surface area contributed by atoms with Crippen molar-refractivity contribution in [2.45, 2.75) is 6.92 Å². The Hall–Kier alpha value is -3.26. The third kappa shape index (κ3) is 2.05. The van der Waals surface area contributed by atoms with Crippen LogP contribution in [0.25, 0.3) is 43.7 Å². The topological polar surface area (TPSA) is 16.8 Å². The van der Waals surface area contributed by atoms with Crippen LogP contribution in [0.5, 0.6) is 0 Å². The molecule has 2 nitrogen and oxygen atoms in total. The van der Waals surface area contributed by atoms with Gasteiger partial charge in [0.15, 0.2) is 6.20 Å². The molecule has 0 unspecified atom stereocenters. The first kappa shape index (κ1) is 15.0. The Bertz CT molecular complexity index is 1290. The lowest BCUT2D eigenvalue weighted by Gasteiger charge is -2.13. The summed E-state index contributed by atoms with van der Waals surface area (Å²) in [6, 6.07) is 23.6. The van der Waals surface area contributed by atoms with Crippen LogP contribution in [-0.2, 0) is 7.05 Å². The summed E-state index contributed by atoms with van der Waals surface area (Å²) in [5, 5.41) is 4.99. The maximum absolute atomic E-state index is 4.83. The zero-order chi connectivity index (χ0) is 17.7. The molecule has 0 amide bonds. The lowest BCUT2D eigenvalue weighted by atomic mass is 9.92. The Morgan fingerprint density at radius 1 is 0.769 bits per heavy atom. The van der Waals surface area contributed by atoms with E-state index in [4.69, 9.17) is 4.98 Å². The third-order valence-electron chi connectivity index (χ3n) is 5.25. The van der Waals surface area contributed by atoms with Gasteiger partial charge in [0.05, 0.1) is 16.3 Å². The molecule has 0 atom stereocenters. The number of hydrogen-bond acceptors (Lipinski definition) is 1. The average molecular weight is 335 g/mol. The third-order valence-corrected chi connectivity index (χ3v) is 5.25. The van der Waals surface area contributed by atoms with Crippen LogP contribution in [0.4, 0.5) is 0 Å². The zero-order valence-electron chi connectivity index (χ0n) is 14.9. The van der Waals surface area contributed by atoms with Crippen LogP contribution in [0.15, 0.2) is 79.1 Å². The van der Waals surface area contributed by atoms with Crippen LogP contribution >= 0.6 is 0 Å². The number of pyridine rings is 2. The first-order valence-electron chi connectivity index (χ1n) is 8.89. The fourth-order valence-electron chi connectivity index (χ4n) is 4.08. The van der Waals surface area contributed by atoms with Crippen molar-refractivity contribution >= 4 is 32.6 Å². The Labute approximate surface area is 152 Å². The minimum absolute atomic E-state index is 1.08. The highest BCUT2D eigenvalue weighted by atomic mass is 14.9. The predicted octanol–water partition coefficient (Wildman–Crippen LogP) is 5.34. The molecule has 5 aromatic rings. The fourth-order valence-corrected chi connectivity index (χ4v) is 4.08. The molecule has 2 heterocycles. The van der Waals surface area contributed by atoms with Crippen molar-refractivity contribution < 1.29 is 4.57 Å².